The molecule has 0 atom stereocenters. The lowest BCUT2D eigenvalue weighted by Crippen LogP contribution is -1.95. The average Bonchev–Trinajstić information content (AvgIpc) is 2.84. The van der Waals surface area contributed by atoms with E-state index < -0.39 is 23.3 Å². The first-order valence-electron chi connectivity index (χ1n) is 11.4. The fourth-order valence-electron chi connectivity index (χ4n) is 3.70. The van der Waals surface area contributed by atoms with E-state index in [1.807, 2.05) is 0 Å². The number of rotatable bonds is 4. The second-order valence-electron chi connectivity index (χ2n) is 8.30. The van der Waals surface area contributed by atoms with E-state index in [1.165, 1.54) is 12.1 Å². The van der Waals surface area contributed by atoms with Gasteiger partial charge >= 0.3 is 0 Å². The summed E-state index contributed by atoms with van der Waals surface area (Å²) in [5.74, 6) is 8.33. The van der Waals surface area contributed by atoms with Crippen molar-refractivity contribution in [3.05, 3.63) is 118 Å². The molecule has 0 radical (unpaired) electrons. The summed E-state index contributed by atoms with van der Waals surface area (Å²) in [6, 6.07) is 17.1. The molecule has 0 aliphatic rings. The Balaban J connectivity index is 1.48. The van der Waals surface area contributed by atoms with Gasteiger partial charge in [-0.3, -0.25) is 0 Å². The molecule has 35 heavy (non-hydrogen) atoms. The minimum absolute atomic E-state index is 0.235. The van der Waals surface area contributed by atoms with E-state index in [0.717, 1.165) is 37.0 Å². The van der Waals surface area contributed by atoms with E-state index in [1.54, 1.807) is 42.5 Å². The van der Waals surface area contributed by atoms with Gasteiger partial charge < -0.3 is 0 Å². The Hall–Kier alpha value is -4.02. The molecule has 0 saturated heterocycles. The molecule has 0 nitrogen and oxygen atoms in total. The summed E-state index contributed by atoms with van der Waals surface area (Å²) >= 11 is 0. The lowest BCUT2D eigenvalue weighted by molar-refractivity contribution is 0.511. The Labute approximate surface area is 202 Å². The summed E-state index contributed by atoms with van der Waals surface area (Å²) in [6.45, 7) is 2.08. The van der Waals surface area contributed by atoms with Crippen molar-refractivity contribution in [2.45, 2.75) is 32.6 Å². The second kappa shape index (κ2) is 10.9. The van der Waals surface area contributed by atoms with Crippen LogP contribution in [0.25, 0.3) is 10.8 Å². The number of hydrogen-bond acceptors (Lipinski definition) is 0. The van der Waals surface area contributed by atoms with Gasteiger partial charge in [-0.25, -0.2) is 17.6 Å². The highest BCUT2D eigenvalue weighted by molar-refractivity contribution is 5.84. The normalized spacial score (nSPS) is 10.4. The minimum atomic E-state index is -0.901. The summed E-state index contributed by atoms with van der Waals surface area (Å²) in [5, 5.41) is 1.16. The number of benzene rings is 4. The molecule has 0 spiro atoms. The van der Waals surface area contributed by atoms with Crippen LogP contribution in [0.3, 0.4) is 0 Å². The van der Waals surface area contributed by atoms with E-state index in [0.29, 0.717) is 33.9 Å². The van der Waals surface area contributed by atoms with Gasteiger partial charge in [-0.15, -0.1) is 0 Å². The van der Waals surface area contributed by atoms with E-state index in [4.69, 9.17) is 0 Å². The standard InChI is InChI=1S/C31H22F4/c1-2-3-4-5-24-17-28(32)27(29(33)18-24)15-13-22-8-6-21(7-9-22)10-11-23-12-14-25-19-30(34)31(35)20-26(25)16-23/h6-9,12,14,16-20H,2-5H2,1H3. The summed E-state index contributed by atoms with van der Waals surface area (Å²) < 4.78 is 55.6. The van der Waals surface area contributed by atoms with Crippen LogP contribution in [0.2, 0.25) is 0 Å². The number of fused-ring (bicyclic) bond motifs is 1. The van der Waals surface area contributed by atoms with Gasteiger partial charge in [0.1, 0.15) is 11.6 Å². The molecule has 0 saturated carbocycles. The zero-order valence-electron chi connectivity index (χ0n) is 19.2. The molecule has 0 bridgehead atoms. The third-order valence-corrected chi connectivity index (χ3v) is 5.62. The highest BCUT2D eigenvalue weighted by Gasteiger charge is 2.09. The Bertz CT molecular complexity index is 1470. The van der Waals surface area contributed by atoms with E-state index in [9.17, 15) is 17.6 Å². The smallest absolute Gasteiger partial charge is 0.159 e. The molecule has 0 heterocycles. The molecule has 0 aliphatic heterocycles. The predicted octanol–water partition coefficient (Wildman–Crippen LogP) is 7.93. The largest absolute Gasteiger partial charge is 0.206 e. The summed E-state index contributed by atoms with van der Waals surface area (Å²) in [7, 11) is 0. The number of hydrogen-bond donors (Lipinski definition) is 0. The summed E-state index contributed by atoms with van der Waals surface area (Å²) in [6.07, 6.45) is 3.61. The summed E-state index contributed by atoms with van der Waals surface area (Å²) in [5.41, 5.74) is 2.39. The van der Waals surface area contributed by atoms with Crippen molar-refractivity contribution >= 4 is 10.8 Å². The van der Waals surface area contributed by atoms with Gasteiger partial charge in [-0.05, 0) is 89.8 Å². The van der Waals surface area contributed by atoms with Crippen LogP contribution in [-0.2, 0) is 6.42 Å². The molecule has 4 aromatic carbocycles. The lowest BCUT2D eigenvalue weighted by atomic mass is 10.0. The Morgan fingerprint density at radius 2 is 1.09 bits per heavy atom. The van der Waals surface area contributed by atoms with Crippen molar-refractivity contribution < 1.29 is 17.6 Å². The Morgan fingerprint density at radius 3 is 1.71 bits per heavy atom. The fraction of sp³-hybridized carbons (Fsp3) is 0.161. The molecule has 4 rings (SSSR count). The maximum atomic E-state index is 14.4. The Morgan fingerprint density at radius 1 is 0.543 bits per heavy atom. The van der Waals surface area contributed by atoms with Crippen LogP contribution in [0, 0.1) is 47.0 Å². The zero-order valence-corrected chi connectivity index (χ0v) is 19.2. The lowest BCUT2D eigenvalue weighted by Gasteiger charge is -2.04. The van der Waals surface area contributed by atoms with E-state index in [2.05, 4.69) is 30.6 Å². The molecule has 0 aliphatic carbocycles. The summed E-state index contributed by atoms with van der Waals surface area (Å²) in [4.78, 5) is 0. The monoisotopic (exact) mass is 470 g/mol. The van der Waals surface area contributed by atoms with Crippen LogP contribution in [0.15, 0.2) is 66.7 Å². The van der Waals surface area contributed by atoms with Gasteiger partial charge in [0.15, 0.2) is 11.6 Å². The van der Waals surface area contributed by atoms with Gasteiger partial charge in [-0.2, -0.15) is 0 Å². The van der Waals surface area contributed by atoms with Gasteiger partial charge in [0, 0.05) is 16.7 Å². The SMILES string of the molecule is CCCCCc1cc(F)c(C#Cc2ccc(C#Cc3ccc4cc(F)c(F)cc4c3)cc2)c(F)c1. The average molecular weight is 471 g/mol. The molecular weight excluding hydrogens is 448 g/mol. The molecule has 4 heteroatoms. The molecule has 0 aromatic heterocycles. The maximum Gasteiger partial charge on any atom is 0.159 e. The van der Waals surface area contributed by atoms with E-state index in [-0.39, 0.29) is 5.56 Å². The number of unbranched alkanes of at least 4 members (excludes halogenated alkanes) is 2. The van der Waals surface area contributed by atoms with Crippen molar-refractivity contribution in [2.75, 3.05) is 0 Å². The molecule has 0 unspecified atom stereocenters. The van der Waals surface area contributed by atoms with Crippen LogP contribution in [0.1, 0.15) is 54.0 Å². The first kappa shape index (κ1) is 24.1. The van der Waals surface area contributed by atoms with Crippen molar-refractivity contribution in [1.29, 1.82) is 0 Å². The first-order valence-corrected chi connectivity index (χ1v) is 11.4. The van der Waals surface area contributed by atoms with Crippen molar-refractivity contribution in [3.8, 4) is 23.7 Å². The van der Waals surface area contributed by atoms with Crippen LogP contribution < -0.4 is 0 Å². The van der Waals surface area contributed by atoms with Crippen molar-refractivity contribution in [1.82, 2.24) is 0 Å². The molecule has 0 N–H and O–H groups in total. The quantitative estimate of drug-likeness (QED) is 0.161. The zero-order chi connectivity index (χ0) is 24.8. The van der Waals surface area contributed by atoms with Crippen molar-refractivity contribution in [3.63, 3.8) is 0 Å². The highest BCUT2D eigenvalue weighted by atomic mass is 19.2. The third kappa shape index (κ3) is 6.11. The van der Waals surface area contributed by atoms with Crippen LogP contribution in [0.5, 0.6) is 0 Å². The fourth-order valence-corrected chi connectivity index (χ4v) is 3.70. The molecule has 174 valence electrons. The Kier molecular flexibility index (Phi) is 7.54. The van der Waals surface area contributed by atoms with Crippen LogP contribution >= 0.6 is 0 Å². The number of aryl methyl sites for hydroxylation is 1. The van der Waals surface area contributed by atoms with Gasteiger partial charge in [0.2, 0.25) is 0 Å². The van der Waals surface area contributed by atoms with Crippen molar-refractivity contribution in [2.24, 2.45) is 0 Å². The van der Waals surface area contributed by atoms with Gasteiger partial charge in [-0.1, -0.05) is 49.5 Å². The minimum Gasteiger partial charge on any atom is -0.206 e. The molecule has 4 aromatic rings. The van der Waals surface area contributed by atoms with Crippen LogP contribution in [-0.4, -0.2) is 0 Å². The number of halogens is 4. The first-order chi connectivity index (χ1) is 16.9. The molecular formula is C31H22F4. The molecule has 0 amide bonds. The highest BCUT2D eigenvalue weighted by Crippen LogP contribution is 2.20. The van der Waals surface area contributed by atoms with Gasteiger partial charge in [0.05, 0.1) is 5.56 Å². The van der Waals surface area contributed by atoms with Crippen LogP contribution in [0.4, 0.5) is 17.6 Å². The molecule has 0 fully saturated rings. The third-order valence-electron chi connectivity index (χ3n) is 5.62. The predicted molar refractivity (Wildman–Crippen MR) is 132 cm³/mol. The van der Waals surface area contributed by atoms with Gasteiger partial charge in [0.25, 0.3) is 0 Å². The topological polar surface area (TPSA) is 0 Å². The second-order valence-corrected chi connectivity index (χ2v) is 8.30. The van der Waals surface area contributed by atoms with E-state index >= 15 is 0 Å². The maximum absolute atomic E-state index is 14.4.